The minimum Gasteiger partial charge on any atom is -0.465 e. The van der Waals surface area contributed by atoms with Crippen LogP contribution < -0.4 is 10.9 Å². The van der Waals surface area contributed by atoms with Gasteiger partial charge in [0, 0.05) is 50.4 Å². The molecule has 3 N–H and O–H groups in total. The van der Waals surface area contributed by atoms with E-state index in [1.54, 1.807) is 11.0 Å². The number of esters is 1. The molecule has 2 heterocycles. The van der Waals surface area contributed by atoms with Crippen LogP contribution in [0.1, 0.15) is 83.6 Å². The number of amides is 1. The monoisotopic (exact) mass is 556 g/mol. The summed E-state index contributed by atoms with van der Waals surface area (Å²) in [5.41, 5.74) is -1.07. The molecule has 0 radical (unpaired) electrons. The van der Waals surface area contributed by atoms with Crippen LogP contribution in [0.2, 0.25) is 0 Å². The van der Waals surface area contributed by atoms with E-state index in [2.05, 4.69) is 19.2 Å². The quantitative estimate of drug-likeness (QED) is 0.477. The summed E-state index contributed by atoms with van der Waals surface area (Å²) in [7, 11) is 0. The van der Waals surface area contributed by atoms with Gasteiger partial charge in [0.15, 0.2) is 0 Å². The summed E-state index contributed by atoms with van der Waals surface area (Å²) in [5.74, 6) is 0.686. The fourth-order valence-corrected chi connectivity index (χ4v) is 10.5. The molecule has 1 saturated heterocycles. The van der Waals surface area contributed by atoms with Crippen molar-refractivity contribution >= 4 is 12.1 Å². The molecule has 4 saturated carbocycles. The Morgan fingerprint density at radius 3 is 2.62 bits per heavy atom. The zero-order chi connectivity index (χ0) is 28.4. The lowest BCUT2D eigenvalue weighted by atomic mass is 9.42. The molecular formula is C31H44N2O7. The molecule has 1 aromatic rings. The van der Waals surface area contributed by atoms with Crippen LogP contribution in [0.25, 0.3) is 0 Å². The maximum atomic E-state index is 12.7. The normalized spacial score (nSPS) is 44.7. The predicted octanol–water partition coefficient (Wildman–Crippen LogP) is 3.99. The van der Waals surface area contributed by atoms with Crippen molar-refractivity contribution in [3.8, 4) is 0 Å². The first kappa shape index (κ1) is 27.8. The Morgan fingerprint density at radius 1 is 1.12 bits per heavy atom. The summed E-state index contributed by atoms with van der Waals surface area (Å²) >= 11 is 0. The zero-order valence-electron chi connectivity index (χ0n) is 23.9. The van der Waals surface area contributed by atoms with E-state index in [1.165, 1.54) is 19.3 Å². The fraction of sp³-hybridized carbons (Fsp3) is 0.774. The van der Waals surface area contributed by atoms with Gasteiger partial charge < -0.3 is 29.6 Å². The predicted molar refractivity (Wildman–Crippen MR) is 147 cm³/mol. The molecule has 1 amide bonds. The van der Waals surface area contributed by atoms with Gasteiger partial charge in [-0.15, -0.1) is 0 Å². The average Bonchev–Trinajstić information content (AvgIpc) is 3.14. The number of carbonyl (C=O) groups excluding carboxylic acids is 1. The van der Waals surface area contributed by atoms with Crippen molar-refractivity contribution in [3.63, 3.8) is 0 Å². The first-order chi connectivity index (χ1) is 19.0. The highest BCUT2D eigenvalue weighted by molar-refractivity contribution is 5.66. The summed E-state index contributed by atoms with van der Waals surface area (Å²) in [6.45, 7) is 7.96. The Morgan fingerprint density at radius 2 is 1.93 bits per heavy atom. The van der Waals surface area contributed by atoms with Crippen LogP contribution in [0, 0.1) is 34.5 Å². The van der Waals surface area contributed by atoms with Gasteiger partial charge in [-0.25, -0.2) is 9.59 Å². The number of carboxylic acid groups (broad SMARTS) is 1. The van der Waals surface area contributed by atoms with Crippen LogP contribution in [0.5, 0.6) is 0 Å². The number of fused-ring (bicyclic) bond motifs is 5. The summed E-state index contributed by atoms with van der Waals surface area (Å²) in [6, 6.07) is 3.19. The third-order valence-corrected chi connectivity index (χ3v) is 12.4. The number of ether oxygens (including phenoxy) is 1. The van der Waals surface area contributed by atoms with Gasteiger partial charge in [0.25, 0.3) is 0 Å². The molecule has 220 valence electrons. The van der Waals surface area contributed by atoms with Crippen molar-refractivity contribution in [2.45, 2.75) is 95.8 Å². The summed E-state index contributed by atoms with van der Waals surface area (Å²) in [5, 5.41) is 26.0. The minimum absolute atomic E-state index is 0.0263. The molecule has 1 aromatic heterocycles. The molecule has 6 rings (SSSR count). The lowest BCUT2D eigenvalue weighted by Gasteiger charge is -2.64. The molecule has 9 heteroatoms. The smallest absolute Gasteiger partial charge is 0.407 e. The molecule has 5 fully saturated rings. The van der Waals surface area contributed by atoms with E-state index in [0.717, 1.165) is 57.1 Å². The van der Waals surface area contributed by atoms with Gasteiger partial charge in [0.2, 0.25) is 0 Å². The Labute approximate surface area is 235 Å². The number of carbonyl (C=O) groups is 2. The zero-order valence-corrected chi connectivity index (χ0v) is 23.9. The van der Waals surface area contributed by atoms with E-state index in [9.17, 15) is 24.6 Å². The Bertz CT molecular complexity index is 1200. The number of rotatable bonds is 3. The lowest BCUT2D eigenvalue weighted by Crippen LogP contribution is -2.63. The van der Waals surface area contributed by atoms with Gasteiger partial charge >= 0.3 is 17.7 Å². The summed E-state index contributed by atoms with van der Waals surface area (Å²) in [4.78, 5) is 37.5. The Kier molecular flexibility index (Phi) is 6.85. The number of aliphatic hydroxyl groups is 1. The van der Waals surface area contributed by atoms with Crippen molar-refractivity contribution in [3.05, 3.63) is 34.4 Å². The van der Waals surface area contributed by atoms with Crippen molar-refractivity contribution in [2.75, 3.05) is 19.6 Å². The highest BCUT2D eigenvalue weighted by atomic mass is 16.5. The largest absolute Gasteiger partial charge is 0.465 e. The SMILES string of the molecule is CC(=O)O[C@H]1C[C@]2(O)[C@@H]3CCC4CC(C5CNCCN5C(=O)O)CC[C@]4(C)[C@H]3CC[C@]2(C)[C@H]1c1ccc(=O)oc1. The van der Waals surface area contributed by atoms with Crippen molar-refractivity contribution in [1.82, 2.24) is 10.2 Å². The van der Waals surface area contributed by atoms with E-state index in [0.29, 0.717) is 37.3 Å². The Balaban J connectivity index is 1.28. The molecule has 10 atom stereocenters. The molecular weight excluding hydrogens is 512 g/mol. The van der Waals surface area contributed by atoms with Crippen LogP contribution >= 0.6 is 0 Å². The van der Waals surface area contributed by atoms with Gasteiger partial charge in [-0.3, -0.25) is 4.79 Å². The molecule has 5 aliphatic rings. The Hall–Kier alpha value is -2.39. The van der Waals surface area contributed by atoms with E-state index in [1.807, 2.05) is 0 Å². The average molecular weight is 557 g/mol. The molecule has 0 bridgehead atoms. The second kappa shape index (κ2) is 9.86. The number of hydrogen-bond acceptors (Lipinski definition) is 7. The van der Waals surface area contributed by atoms with Gasteiger partial charge in [-0.05, 0) is 85.7 Å². The first-order valence-corrected chi connectivity index (χ1v) is 15.2. The first-order valence-electron chi connectivity index (χ1n) is 15.2. The fourth-order valence-electron chi connectivity index (χ4n) is 10.5. The highest BCUT2D eigenvalue weighted by Gasteiger charge is 2.70. The van der Waals surface area contributed by atoms with Crippen LogP contribution in [0.15, 0.2) is 27.6 Å². The van der Waals surface area contributed by atoms with Crippen molar-refractivity contribution < 1.29 is 29.0 Å². The lowest BCUT2D eigenvalue weighted by molar-refractivity contribution is -0.204. The second-order valence-electron chi connectivity index (χ2n) is 13.9. The maximum absolute atomic E-state index is 12.7. The van der Waals surface area contributed by atoms with Gasteiger partial charge in [-0.1, -0.05) is 13.8 Å². The van der Waals surface area contributed by atoms with E-state index in [-0.39, 0.29) is 29.3 Å². The van der Waals surface area contributed by atoms with Crippen LogP contribution in [0.4, 0.5) is 4.79 Å². The molecule has 0 aromatic carbocycles. The molecule has 40 heavy (non-hydrogen) atoms. The van der Waals surface area contributed by atoms with Gasteiger partial charge in [0.1, 0.15) is 6.10 Å². The molecule has 9 nitrogen and oxygen atoms in total. The van der Waals surface area contributed by atoms with Gasteiger partial charge in [-0.2, -0.15) is 0 Å². The summed E-state index contributed by atoms with van der Waals surface area (Å²) in [6.07, 6.45) is 7.38. The number of nitrogens with zero attached hydrogens (tertiary/aromatic N) is 1. The van der Waals surface area contributed by atoms with Crippen LogP contribution in [-0.4, -0.2) is 64.6 Å². The molecule has 0 spiro atoms. The van der Waals surface area contributed by atoms with Crippen molar-refractivity contribution in [1.29, 1.82) is 0 Å². The maximum Gasteiger partial charge on any atom is 0.407 e. The topological polar surface area (TPSA) is 129 Å². The molecule has 1 aliphatic heterocycles. The second-order valence-corrected chi connectivity index (χ2v) is 13.9. The highest BCUT2D eigenvalue weighted by Crippen LogP contribution is 2.71. The van der Waals surface area contributed by atoms with E-state index >= 15 is 0 Å². The number of nitrogens with one attached hydrogen (secondary N) is 1. The van der Waals surface area contributed by atoms with Crippen LogP contribution in [0.3, 0.4) is 0 Å². The molecule has 3 unspecified atom stereocenters. The minimum atomic E-state index is -1.00. The van der Waals surface area contributed by atoms with Crippen molar-refractivity contribution in [2.24, 2.45) is 34.5 Å². The number of piperazine rings is 1. The van der Waals surface area contributed by atoms with Gasteiger partial charge in [0.05, 0.1) is 17.9 Å². The van der Waals surface area contributed by atoms with E-state index in [4.69, 9.17) is 9.15 Å². The standard InChI is InChI=1S/C31H44N2O7/c1-18(34)40-25-15-31(38)23-6-5-21-14-19(24-16-32-12-13-33(24)28(36)37)8-10-29(21,2)22(23)9-11-30(31,3)27(25)20-4-7-26(35)39-17-20/h4,7,17,19,21-25,27,32,38H,5-6,8-16H2,1-3H3,(H,36,37)/t19?,21?,22-,23+,24?,25-,27-,29-,30+,31-/m0/s1. The summed E-state index contributed by atoms with van der Waals surface area (Å²) < 4.78 is 11.1. The number of hydrogen-bond donors (Lipinski definition) is 3. The third-order valence-electron chi connectivity index (χ3n) is 12.4. The third kappa shape index (κ3) is 4.13. The molecule has 4 aliphatic carbocycles. The van der Waals surface area contributed by atoms with E-state index < -0.39 is 28.8 Å². The van der Waals surface area contributed by atoms with Crippen LogP contribution in [-0.2, 0) is 9.53 Å².